The summed E-state index contributed by atoms with van der Waals surface area (Å²) < 4.78 is 1.21. The SMILES string of the molecule is Nc1[c]c2ccccc2s1. The van der Waals surface area contributed by atoms with Crippen molar-refractivity contribution in [2.75, 3.05) is 5.73 Å². The van der Waals surface area contributed by atoms with Crippen LogP contribution in [0.25, 0.3) is 10.1 Å². The molecule has 0 unspecified atom stereocenters. The van der Waals surface area contributed by atoms with E-state index in [0.29, 0.717) is 0 Å². The third-order valence-corrected chi connectivity index (χ3v) is 2.26. The Morgan fingerprint density at radius 1 is 1.30 bits per heavy atom. The molecule has 0 atom stereocenters. The number of anilines is 1. The van der Waals surface area contributed by atoms with Crippen molar-refractivity contribution in [3.05, 3.63) is 30.3 Å². The molecule has 0 amide bonds. The topological polar surface area (TPSA) is 26.0 Å². The van der Waals surface area contributed by atoms with Crippen molar-refractivity contribution in [1.29, 1.82) is 0 Å². The lowest BCUT2D eigenvalue weighted by molar-refractivity contribution is 1.84. The predicted molar refractivity (Wildman–Crippen MR) is 45.1 cm³/mol. The number of rotatable bonds is 0. The summed E-state index contributed by atoms with van der Waals surface area (Å²) in [6, 6.07) is 11.1. The third-order valence-electron chi connectivity index (χ3n) is 1.36. The second kappa shape index (κ2) is 1.99. The summed E-state index contributed by atoms with van der Waals surface area (Å²) in [6.07, 6.45) is 0. The van der Waals surface area contributed by atoms with Crippen LogP contribution in [0, 0.1) is 6.07 Å². The Morgan fingerprint density at radius 3 is 2.90 bits per heavy atom. The maximum atomic E-state index is 5.55. The van der Waals surface area contributed by atoms with Crippen molar-refractivity contribution >= 4 is 26.4 Å². The molecule has 0 aliphatic heterocycles. The molecule has 49 valence electrons. The molecule has 0 spiro atoms. The normalized spacial score (nSPS) is 10.4. The molecule has 0 saturated heterocycles. The van der Waals surface area contributed by atoms with E-state index < -0.39 is 0 Å². The lowest BCUT2D eigenvalue weighted by Gasteiger charge is -1.81. The fourth-order valence-corrected chi connectivity index (χ4v) is 1.71. The van der Waals surface area contributed by atoms with Gasteiger partial charge in [0.1, 0.15) is 0 Å². The summed E-state index contributed by atoms with van der Waals surface area (Å²) in [7, 11) is 0. The van der Waals surface area contributed by atoms with Crippen LogP contribution in [0.3, 0.4) is 0 Å². The van der Waals surface area contributed by atoms with Crippen LogP contribution in [0.2, 0.25) is 0 Å². The molecule has 0 saturated carbocycles. The molecule has 2 rings (SSSR count). The molecule has 0 aliphatic rings. The molecule has 1 heterocycles. The molecule has 1 nitrogen and oxygen atoms in total. The van der Waals surface area contributed by atoms with E-state index in [0.717, 1.165) is 10.4 Å². The van der Waals surface area contributed by atoms with Crippen molar-refractivity contribution in [2.24, 2.45) is 0 Å². The van der Waals surface area contributed by atoms with Gasteiger partial charge in [0, 0.05) is 16.2 Å². The quantitative estimate of drug-likeness (QED) is 0.609. The largest absolute Gasteiger partial charge is 0.390 e. The van der Waals surface area contributed by atoms with Crippen LogP contribution in [0.15, 0.2) is 24.3 Å². The lowest BCUT2D eigenvalue weighted by atomic mass is 10.3. The number of benzene rings is 1. The Labute approximate surface area is 63.1 Å². The van der Waals surface area contributed by atoms with Gasteiger partial charge in [-0.2, -0.15) is 0 Å². The molecule has 10 heavy (non-hydrogen) atoms. The number of fused-ring (bicyclic) bond motifs is 1. The van der Waals surface area contributed by atoms with E-state index in [9.17, 15) is 0 Å². The van der Waals surface area contributed by atoms with Gasteiger partial charge in [0.15, 0.2) is 0 Å². The summed E-state index contributed by atoms with van der Waals surface area (Å²) in [5, 5.41) is 1.88. The van der Waals surface area contributed by atoms with Gasteiger partial charge in [-0.25, -0.2) is 0 Å². The van der Waals surface area contributed by atoms with Crippen LogP contribution in [-0.4, -0.2) is 0 Å². The first-order valence-corrected chi connectivity index (χ1v) is 3.84. The van der Waals surface area contributed by atoms with Gasteiger partial charge in [-0.3, -0.25) is 0 Å². The Balaban J connectivity index is 2.88. The minimum absolute atomic E-state index is 0.765. The Bertz CT molecular complexity index is 318. The Morgan fingerprint density at radius 2 is 2.10 bits per heavy atom. The van der Waals surface area contributed by atoms with Gasteiger partial charge in [0.2, 0.25) is 0 Å². The van der Waals surface area contributed by atoms with Crippen LogP contribution < -0.4 is 5.73 Å². The number of nitrogens with two attached hydrogens (primary N) is 1. The maximum Gasteiger partial charge on any atom is 0.0949 e. The highest BCUT2D eigenvalue weighted by Crippen LogP contribution is 2.25. The van der Waals surface area contributed by atoms with E-state index in [-0.39, 0.29) is 0 Å². The zero-order valence-corrected chi connectivity index (χ0v) is 6.11. The van der Waals surface area contributed by atoms with E-state index in [1.54, 1.807) is 11.3 Å². The Kier molecular flexibility index (Phi) is 1.14. The van der Waals surface area contributed by atoms with Gasteiger partial charge in [-0.1, -0.05) is 18.2 Å². The predicted octanol–water partition coefficient (Wildman–Crippen LogP) is 2.28. The van der Waals surface area contributed by atoms with Crippen LogP contribution >= 0.6 is 11.3 Å². The van der Waals surface area contributed by atoms with Crippen molar-refractivity contribution in [2.45, 2.75) is 0 Å². The highest BCUT2D eigenvalue weighted by molar-refractivity contribution is 7.22. The number of nitrogen functional groups attached to an aromatic ring is 1. The summed E-state index contributed by atoms with van der Waals surface area (Å²) in [5.74, 6) is 0. The number of hydrogen-bond donors (Lipinski definition) is 1. The molecule has 2 heteroatoms. The molecule has 0 bridgehead atoms. The van der Waals surface area contributed by atoms with E-state index >= 15 is 0 Å². The van der Waals surface area contributed by atoms with E-state index in [4.69, 9.17) is 5.73 Å². The van der Waals surface area contributed by atoms with Crippen LogP contribution in [-0.2, 0) is 0 Å². The van der Waals surface area contributed by atoms with Gasteiger partial charge in [0.05, 0.1) is 5.00 Å². The number of hydrogen-bond acceptors (Lipinski definition) is 2. The molecule has 0 aliphatic carbocycles. The minimum atomic E-state index is 0.765. The van der Waals surface area contributed by atoms with E-state index in [1.807, 2.05) is 24.3 Å². The summed E-state index contributed by atoms with van der Waals surface area (Å²) in [4.78, 5) is 0. The van der Waals surface area contributed by atoms with Crippen LogP contribution in [0.5, 0.6) is 0 Å². The van der Waals surface area contributed by atoms with Crippen LogP contribution in [0.4, 0.5) is 5.00 Å². The average molecular weight is 148 g/mol. The van der Waals surface area contributed by atoms with Crippen molar-refractivity contribution in [1.82, 2.24) is 0 Å². The average Bonchev–Trinajstić information content (AvgIpc) is 2.27. The summed E-state index contributed by atoms with van der Waals surface area (Å²) >= 11 is 1.57. The number of thiophene rings is 1. The first kappa shape index (κ1) is 5.74. The van der Waals surface area contributed by atoms with Crippen molar-refractivity contribution in [3.63, 3.8) is 0 Å². The standard InChI is InChI=1S/C8H6NS/c9-8-5-6-3-1-2-4-7(6)10-8/h1-4H,9H2. The zero-order chi connectivity index (χ0) is 6.97. The van der Waals surface area contributed by atoms with Gasteiger partial charge >= 0.3 is 0 Å². The molecule has 2 aromatic rings. The first-order valence-electron chi connectivity index (χ1n) is 3.02. The fraction of sp³-hybridized carbons (Fsp3) is 0. The van der Waals surface area contributed by atoms with Crippen molar-refractivity contribution < 1.29 is 0 Å². The summed E-state index contributed by atoms with van der Waals surface area (Å²) in [5.41, 5.74) is 5.55. The zero-order valence-electron chi connectivity index (χ0n) is 5.29. The highest BCUT2D eigenvalue weighted by atomic mass is 32.1. The molecule has 1 radical (unpaired) electrons. The Hall–Kier alpha value is -1.02. The maximum absolute atomic E-state index is 5.55. The second-order valence-electron chi connectivity index (χ2n) is 2.09. The minimum Gasteiger partial charge on any atom is -0.390 e. The molecule has 1 aromatic heterocycles. The molecular formula is C8H6NS. The van der Waals surface area contributed by atoms with Gasteiger partial charge in [-0.15, -0.1) is 11.3 Å². The van der Waals surface area contributed by atoms with E-state index in [1.165, 1.54) is 4.70 Å². The third kappa shape index (κ3) is 0.772. The van der Waals surface area contributed by atoms with Crippen LogP contribution in [0.1, 0.15) is 0 Å². The van der Waals surface area contributed by atoms with Crippen molar-refractivity contribution in [3.8, 4) is 0 Å². The monoisotopic (exact) mass is 148 g/mol. The molecule has 2 N–H and O–H groups in total. The fourth-order valence-electron chi connectivity index (χ4n) is 0.936. The molecular weight excluding hydrogens is 142 g/mol. The first-order chi connectivity index (χ1) is 4.86. The van der Waals surface area contributed by atoms with E-state index in [2.05, 4.69) is 6.07 Å². The highest BCUT2D eigenvalue weighted by Gasteiger charge is 1.95. The smallest absolute Gasteiger partial charge is 0.0949 e. The molecule has 1 aromatic carbocycles. The van der Waals surface area contributed by atoms with Gasteiger partial charge < -0.3 is 5.73 Å². The summed E-state index contributed by atoms with van der Waals surface area (Å²) in [6.45, 7) is 0. The second-order valence-corrected chi connectivity index (χ2v) is 3.17. The molecule has 0 fully saturated rings. The lowest BCUT2D eigenvalue weighted by Crippen LogP contribution is -1.73. The van der Waals surface area contributed by atoms with Gasteiger partial charge in [-0.05, 0) is 6.07 Å². The van der Waals surface area contributed by atoms with Gasteiger partial charge in [0.25, 0.3) is 0 Å².